The van der Waals surface area contributed by atoms with Gasteiger partial charge >= 0.3 is 0 Å². The highest BCUT2D eigenvalue weighted by Gasteiger charge is 2.46. The molecule has 0 aromatic carbocycles. The van der Waals surface area contributed by atoms with E-state index >= 15 is 0 Å². The van der Waals surface area contributed by atoms with Crippen LogP contribution in [0.25, 0.3) is 0 Å². The van der Waals surface area contributed by atoms with E-state index in [-0.39, 0.29) is 0 Å². The van der Waals surface area contributed by atoms with Crippen molar-refractivity contribution in [3.8, 4) is 6.07 Å². The lowest BCUT2D eigenvalue weighted by atomic mass is 10.1. The molecule has 0 bridgehead atoms. The Kier molecular flexibility index (Phi) is 2.10. The molecule has 0 radical (unpaired) electrons. The maximum absolute atomic E-state index is 8.83. The van der Waals surface area contributed by atoms with E-state index in [2.05, 4.69) is 16.4 Å². The molecule has 1 N–H and O–H groups in total. The second-order valence-corrected chi connectivity index (χ2v) is 5.09. The third kappa shape index (κ3) is 2.01. The van der Waals surface area contributed by atoms with Crippen molar-refractivity contribution < 1.29 is 0 Å². The van der Waals surface area contributed by atoms with E-state index in [1.165, 1.54) is 32.1 Å². The molecule has 0 amide bonds. The van der Waals surface area contributed by atoms with Crippen molar-refractivity contribution in [2.45, 2.75) is 37.6 Å². The van der Waals surface area contributed by atoms with Crippen molar-refractivity contribution >= 4 is 5.82 Å². The minimum atomic E-state index is 0.308. The van der Waals surface area contributed by atoms with E-state index in [0.29, 0.717) is 11.1 Å². The van der Waals surface area contributed by atoms with Gasteiger partial charge in [0.05, 0.1) is 11.6 Å². The van der Waals surface area contributed by atoms with Gasteiger partial charge in [0, 0.05) is 11.7 Å². The zero-order valence-corrected chi connectivity index (χ0v) is 9.24. The Labute approximate surface area is 95.5 Å². The normalized spacial score (nSPS) is 21.2. The van der Waals surface area contributed by atoms with Crippen LogP contribution in [0.15, 0.2) is 18.3 Å². The number of nitriles is 1. The first kappa shape index (κ1) is 9.65. The first-order valence-electron chi connectivity index (χ1n) is 5.94. The van der Waals surface area contributed by atoms with Crippen molar-refractivity contribution in [2.75, 3.05) is 5.32 Å². The molecule has 82 valence electrons. The van der Waals surface area contributed by atoms with E-state index in [0.717, 1.165) is 11.7 Å². The molecule has 0 aliphatic heterocycles. The second-order valence-electron chi connectivity index (χ2n) is 5.09. The van der Waals surface area contributed by atoms with Crippen LogP contribution < -0.4 is 5.32 Å². The van der Waals surface area contributed by atoms with Crippen LogP contribution in [0.2, 0.25) is 0 Å². The van der Waals surface area contributed by atoms with E-state index in [1.54, 1.807) is 12.3 Å². The fraction of sp³-hybridized carbons (Fsp3) is 0.538. The second kappa shape index (κ2) is 3.48. The summed E-state index contributed by atoms with van der Waals surface area (Å²) in [4.78, 5) is 4.28. The lowest BCUT2D eigenvalue weighted by Gasteiger charge is -2.17. The first-order valence-corrected chi connectivity index (χ1v) is 5.94. The number of hydrogen-bond acceptors (Lipinski definition) is 3. The predicted molar refractivity (Wildman–Crippen MR) is 61.9 cm³/mol. The molecule has 0 spiro atoms. The van der Waals surface area contributed by atoms with Crippen molar-refractivity contribution in [3.63, 3.8) is 0 Å². The van der Waals surface area contributed by atoms with Crippen molar-refractivity contribution in [3.05, 3.63) is 23.9 Å². The molecule has 3 rings (SSSR count). The average Bonchev–Trinajstić information content (AvgIpc) is 3.20. The number of pyridine rings is 1. The Hall–Kier alpha value is -1.56. The number of nitrogens with zero attached hydrogens (tertiary/aromatic N) is 2. The van der Waals surface area contributed by atoms with Crippen LogP contribution >= 0.6 is 0 Å². The SMILES string of the molecule is N#Cc1ccnc(NC2(CC3CC3)CC2)c1. The maximum atomic E-state index is 8.83. The number of hydrogen-bond donors (Lipinski definition) is 1. The molecule has 0 atom stereocenters. The van der Waals surface area contributed by atoms with Gasteiger partial charge in [-0.15, -0.1) is 0 Å². The summed E-state index contributed by atoms with van der Waals surface area (Å²) in [6.45, 7) is 0. The van der Waals surface area contributed by atoms with Gasteiger partial charge < -0.3 is 5.32 Å². The monoisotopic (exact) mass is 213 g/mol. The van der Waals surface area contributed by atoms with Crippen molar-refractivity contribution in [1.82, 2.24) is 4.98 Å². The molecule has 2 aliphatic rings. The molecule has 1 aromatic heterocycles. The molecule has 1 heterocycles. The van der Waals surface area contributed by atoms with Crippen LogP contribution in [0.4, 0.5) is 5.82 Å². The van der Waals surface area contributed by atoms with Crippen molar-refractivity contribution in [2.24, 2.45) is 5.92 Å². The fourth-order valence-corrected chi connectivity index (χ4v) is 2.25. The van der Waals surface area contributed by atoms with Gasteiger partial charge in [0.2, 0.25) is 0 Å². The first-order chi connectivity index (χ1) is 7.80. The van der Waals surface area contributed by atoms with Gasteiger partial charge in [0.25, 0.3) is 0 Å². The summed E-state index contributed by atoms with van der Waals surface area (Å²) in [6, 6.07) is 5.73. The number of rotatable bonds is 4. The quantitative estimate of drug-likeness (QED) is 0.836. The molecular formula is C13H15N3. The summed E-state index contributed by atoms with van der Waals surface area (Å²) in [5, 5.41) is 12.3. The Morgan fingerprint density at radius 3 is 2.94 bits per heavy atom. The van der Waals surface area contributed by atoms with Crippen LogP contribution in [-0.4, -0.2) is 10.5 Å². The molecule has 2 saturated carbocycles. The summed E-state index contributed by atoms with van der Waals surface area (Å²) >= 11 is 0. The summed E-state index contributed by atoms with van der Waals surface area (Å²) in [6.07, 6.45) is 8.29. The molecule has 2 aliphatic carbocycles. The predicted octanol–water partition coefficient (Wildman–Crippen LogP) is 2.70. The van der Waals surface area contributed by atoms with Crippen LogP contribution in [0, 0.1) is 17.2 Å². The van der Waals surface area contributed by atoms with Gasteiger partial charge in [-0.05, 0) is 37.3 Å². The van der Waals surface area contributed by atoms with Crippen LogP contribution in [0.5, 0.6) is 0 Å². The van der Waals surface area contributed by atoms with Crippen LogP contribution in [0.1, 0.15) is 37.7 Å². The highest BCUT2D eigenvalue weighted by Crippen LogP contribution is 2.49. The van der Waals surface area contributed by atoms with Gasteiger partial charge in [0.15, 0.2) is 0 Å². The minimum absolute atomic E-state index is 0.308. The van der Waals surface area contributed by atoms with E-state index in [9.17, 15) is 0 Å². The molecule has 16 heavy (non-hydrogen) atoms. The van der Waals surface area contributed by atoms with Gasteiger partial charge in [-0.2, -0.15) is 5.26 Å². The van der Waals surface area contributed by atoms with Crippen molar-refractivity contribution in [1.29, 1.82) is 5.26 Å². The standard InChI is InChI=1S/C13H15N3/c14-9-11-3-6-15-12(7-11)16-13(4-5-13)8-10-1-2-10/h3,6-7,10H,1-2,4-5,8H2,(H,15,16). The van der Waals surface area contributed by atoms with E-state index < -0.39 is 0 Å². The van der Waals surface area contributed by atoms with E-state index in [4.69, 9.17) is 5.26 Å². The largest absolute Gasteiger partial charge is 0.365 e. The van der Waals surface area contributed by atoms with Gasteiger partial charge in [-0.1, -0.05) is 12.8 Å². The fourth-order valence-electron chi connectivity index (χ4n) is 2.25. The molecule has 3 nitrogen and oxygen atoms in total. The molecule has 0 unspecified atom stereocenters. The maximum Gasteiger partial charge on any atom is 0.127 e. The minimum Gasteiger partial charge on any atom is -0.365 e. The lowest BCUT2D eigenvalue weighted by molar-refractivity contribution is 0.594. The molecule has 1 aromatic rings. The summed E-state index contributed by atoms with van der Waals surface area (Å²) in [5.41, 5.74) is 0.988. The Bertz CT molecular complexity index is 439. The third-order valence-corrected chi connectivity index (χ3v) is 3.51. The average molecular weight is 213 g/mol. The molecule has 0 saturated heterocycles. The molecular weight excluding hydrogens is 198 g/mol. The summed E-state index contributed by atoms with van der Waals surface area (Å²) in [7, 11) is 0. The lowest BCUT2D eigenvalue weighted by Crippen LogP contribution is -2.22. The van der Waals surface area contributed by atoms with Crippen LogP contribution in [-0.2, 0) is 0 Å². The summed E-state index contributed by atoms with van der Waals surface area (Å²) in [5.74, 6) is 1.80. The highest BCUT2D eigenvalue weighted by atomic mass is 15.1. The highest BCUT2D eigenvalue weighted by molar-refractivity contribution is 5.46. The topological polar surface area (TPSA) is 48.7 Å². The van der Waals surface area contributed by atoms with Gasteiger partial charge in [-0.25, -0.2) is 4.98 Å². The smallest absolute Gasteiger partial charge is 0.127 e. The summed E-state index contributed by atoms with van der Waals surface area (Å²) < 4.78 is 0. The van der Waals surface area contributed by atoms with Gasteiger partial charge in [-0.3, -0.25) is 0 Å². The molecule has 2 fully saturated rings. The third-order valence-electron chi connectivity index (χ3n) is 3.51. The Balaban J connectivity index is 1.70. The number of nitrogens with one attached hydrogen (secondary N) is 1. The zero-order chi connectivity index (χ0) is 11.0. The van der Waals surface area contributed by atoms with Crippen LogP contribution in [0.3, 0.4) is 0 Å². The van der Waals surface area contributed by atoms with Gasteiger partial charge in [0.1, 0.15) is 5.82 Å². The number of aromatic nitrogens is 1. The Morgan fingerprint density at radius 2 is 2.31 bits per heavy atom. The Morgan fingerprint density at radius 1 is 1.50 bits per heavy atom. The van der Waals surface area contributed by atoms with E-state index in [1.807, 2.05) is 6.07 Å². The zero-order valence-electron chi connectivity index (χ0n) is 9.24. The number of anilines is 1. The molecule has 3 heteroatoms.